The summed E-state index contributed by atoms with van der Waals surface area (Å²) in [6, 6.07) is 11.3. The van der Waals surface area contributed by atoms with Crippen LogP contribution >= 0.6 is 0 Å². The first-order chi connectivity index (χ1) is 14.9. The first-order valence-electron chi connectivity index (χ1n) is 10.0. The number of hydrogen-bond donors (Lipinski definition) is 1. The molecule has 1 N–H and O–H groups in total. The number of sulfone groups is 1. The molecule has 0 unspecified atom stereocenters. The van der Waals surface area contributed by atoms with Crippen molar-refractivity contribution in [1.82, 2.24) is 15.0 Å². The maximum Gasteiger partial charge on any atom is 0.230 e. The summed E-state index contributed by atoms with van der Waals surface area (Å²) in [5.74, 6) is 0.526. The third-order valence-electron chi connectivity index (χ3n) is 5.34. The van der Waals surface area contributed by atoms with Crippen LogP contribution in [0.3, 0.4) is 0 Å². The van der Waals surface area contributed by atoms with E-state index in [1.165, 1.54) is 25.6 Å². The highest BCUT2D eigenvalue weighted by molar-refractivity contribution is 7.91. The Balaban J connectivity index is 1.54. The molecule has 0 saturated heterocycles. The Morgan fingerprint density at radius 1 is 1.13 bits per heavy atom. The predicted octanol–water partition coefficient (Wildman–Crippen LogP) is 4.29. The van der Waals surface area contributed by atoms with E-state index in [1.54, 1.807) is 24.3 Å². The van der Waals surface area contributed by atoms with Crippen LogP contribution in [0.5, 0.6) is 5.75 Å². The van der Waals surface area contributed by atoms with Gasteiger partial charge in [-0.15, -0.1) is 0 Å². The number of methoxy groups -OCH3 is 1. The van der Waals surface area contributed by atoms with Crippen molar-refractivity contribution >= 4 is 21.5 Å². The fourth-order valence-electron chi connectivity index (χ4n) is 3.80. The van der Waals surface area contributed by atoms with Crippen LogP contribution < -0.4 is 10.1 Å². The van der Waals surface area contributed by atoms with Gasteiger partial charge in [-0.1, -0.05) is 25.0 Å². The van der Waals surface area contributed by atoms with E-state index in [1.807, 2.05) is 6.07 Å². The summed E-state index contributed by atoms with van der Waals surface area (Å²) in [7, 11) is -1.72. The lowest BCUT2D eigenvalue weighted by Crippen LogP contribution is -2.19. The van der Waals surface area contributed by atoms with E-state index in [0.29, 0.717) is 28.4 Å². The second kappa shape index (κ2) is 8.97. The Labute approximate surface area is 180 Å². The van der Waals surface area contributed by atoms with Crippen LogP contribution in [0.2, 0.25) is 0 Å². The Kier molecular flexibility index (Phi) is 6.13. The number of ether oxygens (including phenoxy) is 1. The molecule has 1 aliphatic rings. The smallest absolute Gasteiger partial charge is 0.230 e. The molecule has 1 heterocycles. The van der Waals surface area contributed by atoms with Crippen LogP contribution in [-0.4, -0.2) is 35.7 Å². The van der Waals surface area contributed by atoms with Crippen molar-refractivity contribution in [2.45, 2.75) is 36.7 Å². The maximum atomic E-state index is 13.5. The van der Waals surface area contributed by atoms with Gasteiger partial charge in [0.25, 0.3) is 0 Å². The van der Waals surface area contributed by atoms with E-state index in [0.717, 1.165) is 25.7 Å². The molecule has 0 aliphatic heterocycles. The normalized spacial score (nSPS) is 14.5. The standard InChI is InChI=1S/C22H23FN4O3S/c1-30-20-12-16(23)9-10-19(20)21-24-14-25-22(27-21)26-17-6-4-5-15(11-17)13-31(28,29)18-7-2-3-8-18/h4-6,9-12,14,18H,2-3,7-8,13H2,1H3,(H,24,25,26,27). The number of benzene rings is 2. The number of rotatable bonds is 7. The van der Waals surface area contributed by atoms with E-state index < -0.39 is 15.7 Å². The van der Waals surface area contributed by atoms with Gasteiger partial charge < -0.3 is 10.1 Å². The molecule has 1 aromatic heterocycles. The maximum absolute atomic E-state index is 13.5. The molecule has 0 atom stereocenters. The molecule has 0 radical (unpaired) electrons. The van der Waals surface area contributed by atoms with E-state index >= 15 is 0 Å². The monoisotopic (exact) mass is 442 g/mol. The van der Waals surface area contributed by atoms with Crippen LogP contribution in [-0.2, 0) is 15.6 Å². The fourth-order valence-corrected chi connectivity index (χ4v) is 5.73. The molecule has 7 nitrogen and oxygen atoms in total. The Hall–Kier alpha value is -3.07. The van der Waals surface area contributed by atoms with Gasteiger partial charge in [0.15, 0.2) is 15.7 Å². The van der Waals surface area contributed by atoms with Crippen molar-refractivity contribution in [3.8, 4) is 17.1 Å². The summed E-state index contributed by atoms with van der Waals surface area (Å²) in [4.78, 5) is 12.7. The zero-order valence-corrected chi connectivity index (χ0v) is 17.9. The number of nitrogens with zero attached hydrogens (tertiary/aromatic N) is 3. The van der Waals surface area contributed by atoms with Gasteiger partial charge in [-0.3, -0.25) is 0 Å². The molecule has 1 fully saturated rings. The molecule has 9 heteroatoms. The minimum Gasteiger partial charge on any atom is -0.496 e. The summed E-state index contributed by atoms with van der Waals surface area (Å²) >= 11 is 0. The molecular formula is C22H23FN4O3S. The highest BCUT2D eigenvalue weighted by atomic mass is 32.2. The van der Waals surface area contributed by atoms with Gasteiger partial charge in [0.05, 0.1) is 23.7 Å². The quantitative estimate of drug-likeness (QED) is 0.583. The van der Waals surface area contributed by atoms with Gasteiger partial charge in [-0.2, -0.15) is 4.98 Å². The van der Waals surface area contributed by atoms with Crippen LogP contribution in [0.1, 0.15) is 31.2 Å². The van der Waals surface area contributed by atoms with Crippen molar-refractivity contribution in [3.05, 3.63) is 60.2 Å². The van der Waals surface area contributed by atoms with E-state index in [9.17, 15) is 12.8 Å². The zero-order chi connectivity index (χ0) is 21.8. The minimum atomic E-state index is -3.17. The Bertz CT molecular complexity index is 1180. The number of nitrogens with one attached hydrogen (secondary N) is 1. The number of halogens is 1. The van der Waals surface area contributed by atoms with Gasteiger partial charge in [-0.25, -0.2) is 22.8 Å². The summed E-state index contributed by atoms with van der Waals surface area (Å²) in [6.45, 7) is 0. The lowest BCUT2D eigenvalue weighted by atomic mass is 10.2. The summed E-state index contributed by atoms with van der Waals surface area (Å²) < 4.78 is 44.0. The van der Waals surface area contributed by atoms with Crippen LogP contribution in [0.15, 0.2) is 48.8 Å². The van der Waals surface area contributed by atoms with Gasteiger partial charge in [0.2, 0.25) is 5.95 Å². The molecule has 1 saturated carbocycles. The summed E-state index contributed by atoms with van der Waals surface area (Å²) in [5.41, 5.74) is 1.92. The highest BCUT2D eigenvalue weighted by Crippen LogP contribution is 2.29. The van der Waals surface area contributed by atoms with Crippen LogP contribution in [0.25, 0.3) is 11.4 Å². The topological polar surface area (TPSA) is 94.1 Å². The third kappa shape index (κ3) is 4.99. The predicted molar refractivity (Wildman–Crippen MR) is 116 cm³/mol. The molecule has 0 spiro atoms. The summed E-state index contributed by atoms with van der Waals surface area (Å²) in [5, 5.41) is 2.85. The van der Waals surface area contributed by atoms with Crippen molar-refractivity contribution in [2.75, 3.05) is 12.4 Å². The molecule has 2 aromatic carbocycles. The molecule has 1 aliphatic carbocycles. The van der Waals surface area contributed by atoms with Gasteiger partial charge in [0, 0.05) is 11.8 Å². The van der Waals surface area contributed by atoms with Crippen molar-refractivity contribution < 1.29 is 17.5 Å². The first-order valence-corrected chi connectivity index (χ1v) is 11.8. The van der Waals surface area contributed by atoms with Crippen LogP contribution in [0.4, 0.5) is 16.0 Å². The Morgan fingerprint density at radius 3 is 2.71 bits per heavy atom. The highest BCUT2D eigenvalue weighted by Gasteiger charge is 2.28. The van der Waals surface area contributed by atoms with Gasteiger partial charge >= 0.3 is 0 Å². The van der Waals surface area contributed by atoms with Crippen molar-refractivity contribution in [3.63, 3.8) is 0 Å². The number of aromatic nitrogens is 3. The molecule has 3 aromatic rings. The van der Waals surface area contributed by atoms with Crippen molar-refractivity contribution in [2.24, 2.45) is 0 Å². The second-order valence-electron chi connectivity index (χ2n) is 7.52. The molecule has 0 amide bonds. The fraction of sp³-hybridized carbons (Fsp3) is 0.318. The third-order valence-corrected chi connectivity index (χ3v) is 7.56. The minimum absolute atomic E-state index is 0.0163. The lowest BCUT2D eigenvalue weighted by molar-refractivity contribution is 0.412. The molecular weight excluding hydrogens is 419 g/mol. The molecule has 0 bridgehead atoms. The average Bonchev–Trinajstić information content (AvgIpc) is 3.30. The van der Waals surface area contributed by atoms with E-state index in [4.69, 9.17) is 4.74 Å². The molecule has 4 rings (SSSR count). The zero-order valence-electron chi connectivity index (χ0n) is 17.1. The molecule has 162 valence electrons. The molecule has 31 heavy (non-hydrogen) atoms. The van der Waals surface area contributed by atoms with E-state index in [2.05, 4.69) is 20.3 Å². The van der Waals surface area contributed by atoms with Gasteiger partial charge in [0.1, 0.15) is 17.9 Å². The Morgan fingerprint density at radius 2 is 1.94 bits per heavy atom. The van der Waals surface area contributed by atoms with Crippen LogP contribution in [0, 0.1) is 5.82 Å². The second-order valence-corrected chi connectivity index (χ2v) is 9.80. The number of hydrogen-bond acceptors (Lipinski definition) is 7. The average molecular weight is 443 g/mol. The SMILES string of the molecule is COc1cc(F)ccc1-c1ncnc(Nc2cccc(CS(=O)(=O)C3CCCC3)c2)n1. The lowest BCUT2D eigenvalue weighted by Gasteiger charge is -2.12. The first kappa shape index (κ1) is 21.2. The van der Waals surface area contributed by atoms with Crippen molar-refractivity contribution in [1.29, 1.82) is 0 Å². The number of anilines is 2. The largest absolute Gasteiger partial charge is 0.496 e. The van der Waals surface area contributed by atoms with E-state index in [-0.39, 0.29) is 17.0 Å². The van der Waals surface area contributed by atoms with Gasteiger partial charge in [-0.05, 0) is 42.7 Å². The summed E-state index contributed by atoms with van der Waals surface area (Å²) in [6.07, 6.45) is 4.81.